The molecule has 0 radical (unpaired) electrons. The van der Waals surface area contributed by atoms with Gasteiger partial charge in [-0.25, -0.2) is 24.9 Å². The number of para-hydroxylation sites is 2. The van der Waals surface area contributed by atoms with Gasteiger partial charge in [0, 0.05) is 61.4 Å². The van der Waals surface area contributed by atoms with Crippen LogP contribution in [0.2, 0.25) is 0 Å². The summed E-state index contributed by atoms with van der Waals surface area (Å²) < 4.78 is 0. The lowest BCUT2D eigenvalue weighted by Gasteiger charge is -2.13. The Hall–Kier alpha value is -8.29. The highest BCUT2D eigenvalue weighted by atomic mass is 15.0. The maximum Gasteiger partial charge on any atom is 0.164 e. The molecule has 0 saturated carbocycles. The molecule has 7 heteroatoms. The minimum atomic E-state index is 0.584. The molecule has 0 unspecified atom stereocenters. The van der Waals surface area contributed by atoms with Gasteiger partial charge in [0.25, 0.3) is 0 Å². The Morgan fingerprint density at radius 2 is 0.700 bits per heavy atom. The van der Waals surface area contributed by atoms with Crippen molar-refractivity contribution in [2.24, 2.45) is 0 Å². The van der Waals surface area contributed by atoms with Gasteiger partial charge < -0.3 is 0 Å². The normalized spacial score (nSPS) is 11.7. The van der Waals surface area contributed by atoms with E-state index in [4.69, 9.17) is 34.9 Å². The van der Waals surface area contributed by atoms with Crippen molar-refractivity contribution >= 4 is 65.4 Å². The summed E-state index contributed by atoms with van der Waals surface area (Å²) in [6.07, 6.45) is 3.67. The molecule has 5 heterocycles. The Morgan fingerprint density at radius 1 is 0.267 bits per heavy atom. The predicted octanol–water partition coefficient (Wildman–Crippen LogP) is 12.7. The first kappa shape index (κ1) is 33.8. The van der Waals surface area contributed by atoms with Crippen LogP contribution in [0.25, 0.3) is 122 Å². The van der Waals surface area contributed by atoms with Crippen LogP contribution in [0.4, 0.5) is 0 Å². The number of pyridine rings is 4. The molecule has 278 valence electrons. The molecule has 12 rings (SSSR count). The van der Waals surface area contributed by atoms with E-state index < -0.39 is 0 Å². The largest absolute Gasteiger partial charge is 0.254 e. The SMILES string of the molecule is c1ccc(-c2nc(-c3cccc(-c4cc5cc6ccccc6nc5c5ncccc45)c3)nc(-c3cccc(-c4cc5cc6ccccc6nc5c5ncccc45)c3)n2)cc1. The molecule has 0 bridgehead atoms. The molecule has 5 aromatic heterocycles. The van der Waals surface area contributed by atoms with Gasteiger partial charge in [0.05, 0.1) is 33.1 Å². The molecule has 7 nitrogen and oxygen atoms in total. The van der Waals surface area contributed by atoms with Crippen LogP contribution < -0.4 is 0 Å². The van der Waals surface area contributed by atoms with Gasteiger partial charge in [-0.3, -0.25) is 9.97 Å². The highest BCUT2D eigenvalue weighted by Crippen LogP contribution is 2.38. The molecule has 0 saturated heterocycles. The molecule has 0 atom stereocenters. The van der Waals surface area contributed by atoms with Crippen LogP contribution in [-0.4, -0.2) is 34.9 Å². The van der Waals surface area contributed by atoms with Crippen molar-refractivity contribution in [3.63, 3.8) is 0 Å². The second kappa shape index (κ2) is 13.7. The number of benzene rings is 7. The molecule has 0 N–H and O–H groups in total. The molecule has 0 amide bonds. The van der Waals surface area contributed by atoms with E-state index in [-0.39, 0.29) is 0 Å². The van der Waals surface area contributed by atoms with Crippen molar-refractivity contribution in [3.05, 3.63) is 188 Å². The third kappa shape index (κ3) is 5.71. The van der Waals surface area contributed by atoms with Crippen molar-refractivity contribution in [1.29, 1.82) is 0 Å². The Bertz CT molecular complexity index is 3460. The second-order valence-corrected chi connectivity index (χ2v) is 15.0. The van der Waals surface area contributed by atoms with Crippen molar-refractivity contribution in [2.45, 2.75) is 0 Å². The van der Waals surface area contributed by atoms with E-state index >= 15 is 0 Å². The van der Waals surface area contributed by atoms with E-state index in [1.165, 1.54) is 0 Å². The number of nitrogens with zero attached hydrogens (tertiary/aromatic N) is 7. The second-order valence-electron chi connectivity index (χ2n) is 15.0. The summed E-state index contributed by atoms with van der Waals surface area (Å²) in [5.41, 5.74) is 12.3. The zero-order valence-corrected chi connectivity index (χ0v) is 32.0. The average Bonchev–Trinajstić information content (AvgIpc) is 3.32. The Kier molecular flexibility index (Phi) is 7.71. The third-order valence-corrected chi connectivity index (χ3v) is 11.3. The van der Waals surface area contributed by atoms with Gasteiger partial charge in [0.2, 0.25) is 0 Å². The van der Waals surface area contributed by atoms with Gasteiger partial charge in [-0.2, -0.15) is 0 Å². The zero-order valence-electron chi connectivity index (χ0n) is 32.0. The van der Waals surface area contributed by atoms with E-state index in [1.54, 1.807) is 0 Å². The van der Waals surface area contributed by atoms with Crippen LogP contribution >= 0.6 is 0 Å². The Labute approximate surface area is 343 Å². The number of rotatable bonds is 5. The zero-order chi connectivity index (χ0) is 39.6. The standard InChI is InChI=1S/C53H31N7/c1-2-12-32(13-3-1)51-58-52(37-18-8-16-33(26-37)43-30-39-28-35-14-4-6-22-45(35)56-47(39)49-41(43)20-10-24-54-49)60-53(59-51)38-19-9-17-34(27-38)44-31-40-29-36-15-5-7-23-46(36)57-48(40)50-42(44)21-11-25-55-50/h1-31H. The molecular weight excluding hydrogens is 735 g/mol. The van der Waals surface area contributed by atoms with Crippen molar-refractivity contribution in [3.8, 4) is 56.4 Å². The highest BCUT2D eigenvalue weighted by molar-refractivity contribution is 6.14. The number of aromatic nitrogens is 7. The fraction of sp³-hybridized carbons (Fsp3) is 0. The van der Waals surface area contributed by atoms with E-state index in [1.807, 2.05) is 91.3 Å². The summed E-state index contributed by atoms with van der Waals surface area (Å²) in [5, 5.41) is 6.31. The predicted molar refractivity (Wildman–Crippen MR) is 243 cm³/mol. The third-order valence-electron chi connectivity index (χ3n) is 11.3. The fourth-order valence-electron chi connectivity index (χ4n) is 8.43. The van der Waals surface area contributed by atoms with Gasteiger partial charge in [-0.15, -0.1) is 0 Å². The summed E-state index contributed by atoms with van der Waals surface area (Å²) in [6, 6.07) is 60.4. The van der Waals surface area contributed by atoms with Crippen LogP contribution in [0.15, 0.2) is 188 Å². The Balaban J connectivity index is 1.01. The van der Waals surface area contributed by atoms with Gasteiger partial charge >= 0.3 is 0 Å². The lowest BCUT2D eigenvalue weighted by atomic mass is 9.95. The molecule has 0 aliphatic carbocycles. The van der Waals surface area contributed by atoms with E-state index in [9.17, 15) is 0 Å². The van der Waals surface area contributed by atoms with Crippen LogP contribution in [0.3, 0.4) is 0 Å². The van der Waals surface area contributed by atoms with Crippen LogP contribution in [0.1, 0.15) is 0 Å². The van der Waals surface area contributed by atoms with Crippen LogP contribution in [0, 0.1) is 0 Å². The average molecular weight is 766 g/mol. The van der Waals surface area contributed by atoms with Gasteiger partial charge in [-0.1, -0.05) is 115 Å². The quantitative estimate of drug-likeness (QED) is 0.127. The first-order chi connectivity index (χ1) is 29.7. The first-order valence-electron chi connectivity index (χ1n) is 19.9. The van der Waals surface area contributed by atoms with Crippen LogP contribution in [0.5, 0.6) is 0 Å². The van der Waals surface area contributed by atoms with E-state index in [0.717, 1.165) is 104 Å². The van der Waals surface area contributed by atoms with Gasteiger partial charge in [0.15, 0.2) is 17.5 Å². The number of hydrogen-bond acceptors (Lipinski definition) is 7. The fourth-order valence-corrected chi connectivity index (χ4v) is 8.43. The van der Waals surface area contributed by atoms with Crippen molar-refractivity contribution in [1.82, 2.24) is 34.9 Å². The van der Waals surface area contributed by atoms with Crippen molar-refractivity contribution < 1.29 is 0 Å². The summed E-state index contributed by atoms with van der Waals surface area (Å²) in [5.74, 6) is 1.77. The molecule has 12 aromatic rings. The molecule has 0 spiro atoms. The summed E-state index contributed by atoms with van der Waals surface area (Å²) >= 11 is 0. The maximum absolute atomic E-state index is 5.19. The minimum Gasteiger partial charge on any atom is -0.254 e. The van der Waals surface area contributed by atoms with Gasteiger partial charge in [-0.05, 0) is 82.9 Å². The smallest absolute Gasteiger partial charge is 0.164 e. The van der Waals surface area contributed by atoms with E-state index in [2.05, 4.69) is 97.1 Å². The number of fused-ring (bicyclic) bond motifs is 8. The molecule has 7 aromatic carbocycles. The monoisotopic (exact) mass is 765 g/mol. The molecule has 0 aliphatic heterocycles. The molecule has 0 fully saturated rings. The first-order valence-corrected chi connectivity index (χ1v) is 19.9. The Morgan fingerprint density at radius 3 is 1.22 bits per heavy atom. The minimum absolute atomic E-state index is 0.584. The van der Waals surface area contributed by atoms with Gasteiger partial charge in [0.1, 0.15) is 0 Å². The lowest BCUT2D eigenvalue weighted by Crippen LogP contribution is -2.00. The lowest BCUT2D eigenvalue weighted by molar-refractivity contribution is 1.07. The van der Waals surface area contributed by atoms with Crippen molar-refractivity contribution in [2.75, 3.05) is 0 Å². The van der Waals surface area contributed by atoms with Crippen LogP contribution in [-0.2, 0) is 0 Å². The molecular formula is C53H31N7. The topological polar surface area (TPSA) is 90.2 Å². The van der Waals surface area contributed by atoms with E-state index in [0.29, 0.717) is 17.5 Å². The summed E-state index contributed by atoms with van der Waals surface area (Å²) in [7, 11) is 0. The highest BCUT2D eigenvalue weighted by Gasteiger charge is 2.18. The summed E-state index contributed by atoms with van der Waals surface area (Å²) in [6.45, 7) is 0. The molecule has 0 aliphatic rings. The number of hydrogen-bond donors (Lipinski definition) is 0. The maximum atomic E-state index is 5.19. The summed E-state index contributed by atoms with van der Waals surface area (Å²) in [4.78, 5) is 35.2. The molecule has 60 heavy (non-hydrogen) atoms.